The minimum Gasteiger partial charge on any atom is -0.810 e. The van der Waals surface area contributed by atoms with Gasteiger partial charge in [-0.1, -0.05) is 15.2 Å². The number of hydrogen-bond donors (Lipinski definition) is 4. The van der Waals surface area contributed by atoms with Crippen LogP contribution in [0, 0.1) is 0 Å². The fraction of sp³-hybridized carbons (Fsp3) is 1.00. The van der Waals surface area contributed by atoms with Crippen molar-refractivity contribution in [2.24, 2.45) is 0 Å². The molecule has 0 rings (SSSR count). The first-order valence-corrected chi connectivity index (χ1v) is 9.80. The molecule has 0 radical (unpaired) electrons. The largest absolute Gasteiger partial charge is 0.810 e. The smallest absolute Gasteiger partial charge is 0.0647 e. The van der Waals surface area contributed by atoms with E-state index in [1.807, 2.05) is 77.6 Å². The summed E-state index contributed by atoms with van der Waals surface area (Å²) in [7, 11) is 5.65. The van der Waals surface area contributed by atoms with Crippen LogP contribution in [-0.2, 0) is 9.13 Å². The molecule has 0 heterocycles. The summed E-state index contributed by atoms with van der Waals surface area (Å²) < 4.78 is 19.1. The normalized spacial score (nSPS) is 9.33. The lowest BCUT2D eigenvalue weighted by atomic mass is 11.3. The summed E-state index contributed by atoms with van der Waals surface area (Å²) in [5, 5.41) is 8.00. The quantitative estimate of drug-likeness (QED) is 0.355. The predicted molar refractivity (Wildman–Crippen MR) is 75.2 cm³/mol. The second-order valence-corrected chi connectivity index (χ2v) is 7.25. The first kappa shape index (κ1) is 32.9. The highest BCUT2D eigenvalue weighted by Gasteiger charge is 1.93. The summed E-state index contributed by atoms with van der Waals surface area (Å²) in [5.41, 5.74) is 0. The summed E-state index contributed by atoms with van der Waals surface area (Å²) in [6.45, 7) is 0. The summed E-state index contributed by atoms with van der Waals surface area (Å²) in [5.74, 6) is -1.82. The van der Waals surface area contributed by atoms with Crippen molar-refractivity contribution in [3.63, 3.8) is 0 Å². The molecule has 10 nitrogen and oxygen atoms in total. The fourth-order valence-corrected chi connectivity index (χ4v) is 1.91. The SMILES string of the molecule is C[NH2+]C.C[NH2+]C.C[NH2+]C.C[NH2+]C.O=P([O-])([O-])CP(=O)([O-])[O-]. The number of rotatable bonds is 2. The molecule has 0 atom stereocenters. The third kappa shape index (κ3) is 176. The van der Waals surface area contributed by atoms with Gasteiger partial charge in [-0.15, -0.1) is 0 Å². The van der Waals surface area contributed by atoms with Crippen LogP contribution in [0.5, 0.6) is 0 Å². The maximum atomic E-state index is 9.55. The average Bonchev–Trinajstić information content (AvgIpc) is 2.15. The van der Waals surface area contributed by atoms with E-state index in [2.05, 4.69) is 0 Å². The molecule has 0 saturated carbocycles. The molecule has 0 unspecified atom stereocenters. The summed E-state index contributed by atoms with van der Waals surface area (Å²) in [6, 6.07) is 0. The second kappa shape index (κ2) is 25.1. The number of quaternary nitrogens is 4. The molecule has 136 valence electrons. The van der Waals surface area contributed by atoms with E-state index in [1.54, 1.807) is 0 Å². The molecule has 0 fully saturated rings. The first-order valence-electron chi connectivity index (χ1n) is 6.35. The van der Waals surface area contributed by atoms with E-state index >= 15 is 0 Å². The van der Waals surface area contributed by atoms with Crippen LogP contribution in [0.4, 0.5) is 0 Å². The van der Waals surface area contributed by atoms with E-state index < -0.39 is 21.1 Å². The lowest BCUT2D eigenvalue weighted by molar-refractivity contribution is -0.597. The van der Waals surface area contributed by atoms with Crippen molar-refractivity contribution in [1.29, 1.82) is 0 Å². The molecule has 0 aromatic rings. The van der Waals surface area contributed by atoms with Gasteiger partial charge in [-0.25, -0.2) is 0 Å². The van der Waals surface area contributed by atoms with Crippen molar-refractivity contribution in [1.82, 2.24) is 0 Å². The molecule has 0 amide bonds. The third-order valence-corrected chi connectivity index (χ3v) is 3.12. The van der Waals surface area contributed by atoms with Crippen LogP contribution in [0.2, 0.25) is 0 Å². The Morgan fingerprint density at radius 2 is 0.667 bits per heavy atom. The molecular weight excluding hydrogens is 322 g/mol. The Morgan fingerprint density at radius 3 is 0.667 bits per heavy atom. The molecule has 0 saturated heterocycles. The monoisotopic (exact) mass is 356 g/mol. The summed E-state index contributed by atoms with van der Waals surface area (Å²) >= 11 is 0. The van der Waals surface area contributed by atoms with Gasteiger partial charge in [0, 0.05) is 5.90 Å². The van der Waals surface area contributed by atoms with Gasteiger partial charge < -0.3 is 50.0 Å². The minimum atomic E-state index is -5.18. The fourth-order valence-electron chi connectivity index (χ4n) is 0.212. The summed E-state index contributed by atoms with van der Waals surface area (Å²) in [4.78, 5) is 38.2. The van der Waals surface area contributed by atoms with Crippen LogP contribution in [0.1, 0.15) is 0 Å². The molecule has 0 spiro atoms. The van der Waals surface area contributed by atoms with Gasteiger partial charge >= 0.3 is 0 Å². The zero-order valence-electron chi connectivity index (χ0n) is 14.4. The van der Waals surface area contributed by atoms with Crippen molar-refractivity contribution >= 4 is 15.2 Å². The molecular formula is C9H34N4O6P2. The van der Waals surface area contributed by atoms with Crippen molar-refractivity contribution in [3.8, 4) is 0 Å². The van der Waals surface area contributed by atoms with E-state index in [0.717, 1.165) is 0 Å². The second-order valence-electron chi connectivity index (χ2n) is 3.67. The number of nitrogens with two attached hydrogens (primary N) is 4. The zero-order chi connectivity index (χ0) is 18.5. The van der Waals surface area contributed by atoms with Crippen LogP contribution in [0.15, 0.2) is 0 Å². The molecule has 21 heavy (non-hydrogen) atoms. The van der Waals surface area contributed by atoms with Crippen molar-refractivity contribution < 1.29 is 50.0 Å². The maximum absolute atomic E-state index is 9.55. The van der Waals surface area contributed by atoms with Gasteiger partial charge in [-0.2, -0.15) is 0 Å². The Bertz CT molecular complexity index is 218. The maximum Gasteiger partial charge on any atom is 0.0647 e. The van der Waals surface area contributed by atoms with Gasteiger partial charge in [0.05, 0.1) is 56.4 Å². The Morgan fingerprint density at radius 1 is 0.571 bits per heavy atom. The highest BCUT2D eigenvalue weighted by molar-refractivity contribution is 7.66. The van der Waals surface area contributed by atoms with Gasteiger partial charge in [-0.05, 0) is 0 Å². The molecule has 0 aromatic carbocycles. The Balaban J connectivity index is -0.0000000593. The lowest BCUT2D eigenvalue weighted by Gasteiger charge is -2.40. The van der Waals surface area contributed by atoms with E-state index in [1.165, 1.54) is 0 Å². The van der Waals surface area contributed by atoms with Gasteiger partial charge in [0.2, 0.25) is 0 Å². The summed E-state index contributed by atoms with van der Waals surface area (Å²) in [6.07, 6.45) is 0. The van der Waals surface area contributed by atoms with Crippen LogP contribution >= 0.6 is 15.2 Å². The van der Waals surface area contributed by atoms with E-state index in [-0.39, 0.29) is 0 Å². The Hall–Kier alpha value is 0.140. The van der Waals surface area contributed by atoms with Gasteiger partial charge in [0.25, 0.3) is 0 Å². The topological polar surface area (TPSA) is 193 Å². The first-order chi connectivity index (χ1) is 9.36. The van der Waals surface area contributed by atoms with Gasteiger partial charge in [-0.3, -0.25) is 0 Å². The zero-order valence-corrected chi connectivity index (χ0v) is 16.1. The highest BCUT2D eigenvalue weighted by atomic mass is 31.2. The van der Waals surface area contributed by atoms with Crippen LogP contribution in [-0.4, -0.2) is 62.3 Å². The minimum absolute atomic E-state index is 1.82. The van der Waals surface area contributed by atoms with Crippen LogP contribution in [0.25, 0.3) is 0 Å². The van der Waals surface area contributed by atoms with Gasteiger partial charge in [0.1, 0.15) is 0 Å². The molecule has 0 aliphatic carbocycles. The standard InChI is InChI=1S/4C2H7N.CH6O6P2/c4*1-3-2;2-8(3,4)1-9(5,6)7/h4*3H,1-2H3;1H2,(H2,2,3,4)(H2,5,6,7). The highest BCUT2D eigenvalue weighted by Crippen LogP contribution is 2.39. The van der Waals surface area contributed by atoms with Crippen molar-refractivity contribution in [2.45, 2.75) is 0 Å². The molecule has 12 heteroatoms. The van der Waals surface area contributed by atoms with E-state index in [9.17, 15) is 28.7 Å². The Labute approximate surface area is 128 Å². The van der Waals surface area contributed by atoms with E-state index in [4.69, 9.17) is 0 Å². The van der Waals surface area contributed by atoms with Crippen molar-refractivity contribution in [2.75, 3.05) is 62.3 Å². The average molecular weight is 356 g/mol. The molecule has 0 aromatic heterocycles. The molecule has 0 bridgehead atoms. The lowest BCUT2D eigenvalue weighted by Crippen LogP contribution is -2.74. The van der Waals surface area contributed by atoms with Crippen molar-refractivity contribution in [3.05, 3.63) is 0 Å². The molecule has 0 aliphatic heterocycles. The molecule has 0 aliphatic rings. The predicted octanol–water partition coefficient (Wildman–Crippen LogP) is -7.99. The number of hydrogen-bond acceptors (Lipinski definition) is 6. The van der Waals surface area contributed by atoms with Crippen LogP contribution in [0.3, 0.4) is 0 Å². The van der Waals surface area contributed by atoms with Gasteiger partial charge in [0.15, 0.2) is 0 Å². The van der Waals surface area contributed by atoms with E-state index in [0.29, 0.717) is 0 Å². The Kier molecular flexibility index (Phi) is 39.4. The van der Waals surface area contributed by atoms with Crippen LogP contribution < -0.4 is 40.8 Å². The molecule has 8 N–H and O–H groups in total. The third-order valence-electron chi connectivity index (χ3n) is 0.346.